The van der Waals surface area contributed by atoms with Gasteiger partial charge in [-0.3, -0.25) is 4.79 Å². The molecule has 0 amide bonds. The van der Waals surface area contributed by atoms with E-state index in [2.05, 4.69) is 50.3 Å². The van der Waals surface area contributed by atoms with Gasteiger partial charge in [-0.1, -0.05) is 82.4 Å². The first-order valence-electron chi connectivity index (χ1n) is 11.5. The molecule has 1 atom stereocenters. The molecule has 0 N–H and O–H groups in total. The summed E-state index contributed by atoms with van der Waals surface area (Å²) in [5, 5.41) is 0.0433. The second kappa shape index (κ2) is 22.3. The molecule has 0 aromatic rings. The van der Waals surface area contributed by atoms with Gasteiger partial charge in [-0.15, -0.1) is 11.8 Å². The molecule has 0 radical (unpaired) electrons. The van der Waals surface area contributed by atoms with Crippen LogP contribution in [0.1, 0.15) is 97.8 Å². The van der Waals surface area contributed by atoms with Crippen molar-refractivity contribution in [1.82, 2.24) is 0 Å². The average molecular weight is 409 g/mol. The van der Waals surface area contributed by atoms with E-state index in [1.54, 1.807) is 11.8 Å². The number of hydrogen-bond acceptors (Lipinski definition) is 3. The molecular formula is C25H44O2S. The summed E-state index contributed by atoms with van der Waals surface area (Å²) in [6.45, 7) is 6.70. The maximum Gasteiger partial charge on any atom is 0.319 e. The number of ether oxygens (including phenoxy) is 1. The molecule has 0 saturated heterocycles. The third-order valence-electron chi connectivity index (χ3n) is 4.44. The van der Waals surface area contributed by atoms with Gasteiger partial charge in [0, 0.05) is 0 Å². The Morgan fingerprint density at radius 3 is 2.07 bits per heavy atom. The average Bonchev–Trinajstić information content (AvgIpc) is 2.70. The molecule has 2 nitrogen and oxygen atoms in total. The van der Waals surface area contributed by atoms with E-state index >= 15 is 0 Å². The number of carbonyl (C=O) groups excluding carboxylic acids is 1. The lowest BCUT2D eigenvalue weighted by Gasteiger charge is -2.14. The minimum atomic E-state index is -0.0139. The molecule has 0 aliphatic heterocycles. The predicted octanol–water partition coefficient (Wildman–Crippen LogP) is 8.04. The van der Waals surface area contributed by atoms with Gasteiger partial charge in [0.15, 0.2) is 0 Å². The minimum Gasteiger partial charge on any atom is -0.465 e. The summed E-state index contributed by atoms with van der Waals surface area (Å²) < 4.78 is 5.21. The Hall–Kier alpha value is -0.960. The van der Waals surface area contributed by atoms with Crippen molar-refractivity contribution in [2.75, 3.05) is 12.4 Å². The van der Waals surface area contributed by atoms with Crippen LogP contribution in [0.25, 0.3) is 0 Å². The number of rotatable bonds is 19. The van der Waals surface area contributed by atoms with E-state index in [1.807, 2.05) is 6.92 Å². The van der Waals surface area contributed by atoms with Crippen molar-refractivity contribution in [3.8, 4) is 0 Å². The smallest absolute Gasteiger partial charge is 0.319 e. The quantitative estimate of drug-likeness (QED) is 0.123. The molecule has 0 aromatic heterocycles. The van der Waals surface area contributed by atoms with Gasteiger partial charge in [0.25, 0.3) is 0 Å². The van der Waals surface area contributed by atoms with Crippen LogP contribution in [0.3, 0.4) is 0 Å². The van der Waals surface area contributed by atoms with Crippen LogP contribution in [0.4, 0.5) is 0 Å². The molecule has 0 spiro atoms. The lowest BCUT2D eigenvalue weighted by molar-refractivity contribution is -0.142. The van der Waals surface area contributed by atoms with Crippen LogP contribution in [0, 0.1) is 0 Å². The lowest BCUT2D eigenvalue weighted by Crippen LogP contribution is -2.20. The van der Waals surface area contributed by atoms with Crippen LogP contribution in [0.5, 0.6) is 0 Å². The zero-order valence-electron chi connectivity index (χ0n) is 18.7. The third kappa shape index (κ3) is 18.4. The highest BCUT2D eigenvalue weighted by Crippen LogP contribution is 2.21. The monoisotopic (exact) mass is 408 g/mol. The Bertz CT molecular complexity index is 426. The molecule has 0 heterocycles. The number of carbonyl (C=O) groups is 1. The second-order valence-electron chi connectivity index (χ2n) is 7.10. The van der Waals surface area contributed by atoms with E-state index in [0.29, 0.717) is 6.61 Å². The van der Waals surface area contributed by atoms with Crippen LogP contribution in [-0.4, -0.2) is 23.6 Å². The summed E-state index contributed by atoms with van der Waals surface area (Å²) in [5.41, 5.74) is 0. The SMILES string of the molecule is CC/C=C\C/C=C\C/C=C\CCCCCCCCC(SCCC)C(=O)OCC. The van der Waals surface area contributed by atoms with Crippen LogP contribution >= 0.6 is 11.8 Å². The van der Waals surface area contributed by atoms with Gasteiger partial charge < -0.3 is 4.74 Å². The molecule has 0 aliphatic rings. The van der Waals surface area contributed by atoms with Gasteiger partial charge in [-0.2, -0.15) is 0 Å². The molecule has 28 heavy (non-hydrogen) atoms. The van der Waals surface area contributed by atoms with Crippen LogP contribution < -0.4 is 0 Å². The molecule has 0 fully saturated rings. The first-order chi connectivity index (χ1) is 13.8. The summed E-state index contributed by atoms with van der Waals surface area (Å²) >= 11 is 1.77. The van der Waals surface area contributed by atoms with Gasteiger partial charge in [0.1, 0.15) is 5.25 Å². The fraction of sp³-hybridized carbons (Fsp3) is 0.720. The number of unbranched alkanes of at least 4 members (excludes halogenated alkanes) is 6. The summed E-state index contributed by atoms with van der Waals surface area (Å²) in [6, 6.07) is 0. The van der Waals surface area contributed by atoms with Gasteiger partial charge in [-0.05, 0) is 57.6 Å². The summed E-state index contributed by atoms with van der Waals surface area (Å²) in [6.07, 6.45) is 27.6. The molecule has 1 unspecified atom stereocenters. The predicted molar refractivity (Wildman–Crippen MR) is 127 cm³/mol. The van der Waals surface area contributed by atoms with E-state index in [9.17, 15) is 4.79 Å². The standard InChI is InChI=1S/C25H44O2S/c1-4-7-8-9-10-11-12-13-14-15-16-17-18-19-20-21-22-24(28-23-5-2)25(26)27-6-3/h7-8,10-11,13-14,24H,4-6,9,12,15-23H2,1-3H3/b8-7-,11-10-,14-13-. The summed E-state index contributed by atoms with van der Waals surface area (Å²) in [4.78, 5) is 12.0. The molecule has 0 aromatic carbocycles. The van der Waals surface area contributed by atoms with Crippen LogP contribution in [0.15, 0.2) is 36.5 Å². The summed E-state index contributed by atoms with van der Waals surface area (Å²) in [7, 11) is 0. The zero-order valence-corrected chi connectivity index (χ0v) is 19.5. The second-order valence-corrected chi connectivity index (χ2v) is 8.41. The topological polar surface area (TPSA) is 26.3 Å². The molecule has 0 aliphatic carbocycles. The summed E-state index contributed by atoms with van der Waals surface area (Å²) in [5.74, 6) is 1.03. The van der Waals surface area contributed by atoms with Crippen LogP contribution in [-0.2, 0) is 9.53 Å². The molecular weight excluding hydrogens is 364 g/mol. The molecule has 3 heteroatoms. The number of esters is 1. The zero-order chi connectivity index (χ0) is 20.7. The third-order valence-corrected chi connectivity index (χ3v) is 5.91. The maximum atomic E-state index is 12.0. The Morgan fingerprint density at radius 2 is 1.43 bits per heavy atom. The first kappa shape index (κ1) is 27.0. The number of allylic oxidation sites excluding steroid dienone is 6. The van der Waals surface area contributed by atoms with E-state index in [4.69, 9.17) is 4.74 Å². The molecule has 0 saturated carbocycles. The first-order valence-corrected chi connectivity index (χ1v) is 12.5. The van der Waals surface area contributed by atoms with Gasteiger partial charge in [0.2, 0.25) is 0 Å². The van der Waals surface area contributed by atoms with Crippen molar-refractivity contribution in [2.45, 2.75) is 103 Å². The number of hydrogen-bond donors (Lipinski definition) is 0. The van der Waals surface area contributed by atoms with Gasteiger partial charge in [0.05, 0.1) is 6.61 Å². The fourth-order valence-electron chi connectivity index (χ4n) is 2.89. The van der Waals surface area contributed by atoms with E-state index in [-0.39, 0.29) is 11.2 Å². The largest absolute Gasteiger partial charge is 0.465 e. The Kier molecular flexibility index (Phi) is 21.6. The molecule has 0 rings (SSSR count). The van der Waals surface area contributed by atoms with Gasteiger partial charge in [-0.25, -0.2) is 0 Å². The maximum absolute atomic E-state index is 12.0. The highest BCUT2D eigenvalue weighted by atomic mass is 32.2. The highest BCUT2D eigenvalue weighted by molar-refractivity contribution is 8.00. The number of thioether (sulfide) groups is 1. The van der Waals surface area contributed by atoms with Crippen molar-refractivity contribution in [1.29, 1.82) is 0 Å². The van der Waals surface area contributed by atoms with E-state index in [0.717, 1.165) is 44.3 Å². The Balaban J connectivity index is 3.58. The van der Waals surface area contributed by atoms with Gasteiger partial charge >= 0.3 is 5.97 Å². The Morgan fingerprint density at radius 1 is 0.821 bits per heavy atom. The molecule has 162 valence electrons. The van der Waals surface area contributed by atoms with Crippen molar-refractivity contribution in [3.63, 3.8) is 0 Å². The van der Waals surface area contributed by atoms with E-state index < -0.39 is 0 Å². The van der Waals surface area contributed by atoms with Crippen molar-refractivity contribution in [2.24, 2.45) is 0 Å². The van der Waals surface area contributed by atoms with E-state index in [1.165, 1.54) is 38.5 Å². The lowest BCUT2D eigenvalue weighted by atomic mass is 10.1. The Labute approximate surface area is 179 Å². The van der Waals surface area contributed by atoms with Crippen molar-refractivity contribution < 1.29 is 9.53 Å². The normalized spacial score (nSPS) is 13.1. The fourth-order valence-corrected chi connectivity index (χ4v) is 3.95. The highest BCUT2D eigenvalue weighted by Gasteiger charge is 2.19. The van der Waals surface area contributed by atoms with Crippen molar-refractivity contribution >= 4 is 17.7 Å². The van der Waals surface area contributed by atoms with Crippen LogP contribution in [0.2, 0.25) is 0 Å². The minimum absolute atomic E-state index is 0.0139. The molecule has 0 bridgehead atoms. The van der Waals surface area contributed by atoms with Crippen molar-refractivity contribution in [3.05, 3.63) is 36.5 Å².